The Morgan fingerprint density at radius 2 is 0.746 bits per heavy atom. The third-order valence-electron chi connectivity index (χ3n) is 12.2. The molecule has 5 heteroatoms. The van der Waals surface area contributed by atoms with Crippen LogP contribution in [0.1, 0.15) is 25.0 Å². The molecule has 1 aliphatic rings. The van der Waals surface area contributed by atoms with E-state index < -0.39 is 0 Å². The van der Waals surface area contributed by atoms with Gasteiger partial charge in [0.05, 0.1) is 0 Å². The topological polar surface area (TPSA) is 65.0 Å². The summed E-state index contributed by atoms with van der Waals surface area (Å²) in [5, 5.41) is 4.44. The van der Waals surface area contributed by atoms with E-state index in [1.807, 2.05) is 36.4 Å². The van der Waals surface area contributed by atoms with Crippen LogP contribution < -0.4 is 0 Å². The van der Waals surface area contributed by atoms with E-state index in [4.69, 9.17) is 23.8 Å². The van der Waals surface area contributed by atoms with Gasteiger partial charge in [-0.1, -0.05) is 166 Å². The highest BCUT2D eigenvalue weighted by atomic mass is 16.3. The van der Waals surface area contributed by atoms with Crippen LogP contribution in [0.4, 0.5) is 0 Å². The maximum atomic E-state index is 6.22. The van der Waals surface area contributed by atoms with Gasteiger partial charge in [-0.05, 0) is 68.8 Å². The van der Waals surface area contributed by atoms with Crippen LogP contribution in [0.15, 0.2) is 185 Å². The van der Waals surface area contributed by atoms with Gasteiger partial charge >= 0.3 is 0 Å². The summed E-state index contributed by atoms with van der Waals surface area (Å²) in [4.78, 5) is 15.7. The maximum Gasteiger partial charge on any atom is 0.164 e. The van der Waals surface area contributed by atoms with E-state index in [-0.39, 0.29) is 5.41 Å². The Hall–Kier alpha value is -7.63. The second-order valence-corrected chi connectivity index (χ2v) is 15.9. The fraction of sp³-hybridized carbons (Fsp3) is 0.0556. The predicted octanol–water partition coefficient (Wildman–Crippen LogP) is 14.3. The molecule has 0 radical (unpaired) electrons. The number of aromatic nitrogens is 3. The molecule has 59 heavy (non-hydrogen) atoms. The summed E-state index contributed by atoms with van der Waals surface area (Å²) in [5.41, 5.74) is 15.6. The first kappa shape index (κ1) is 33.5. The standard InChI is InChI=1S/C54H35N3O2/c1-54(2)42-18-6-3-12-38(42)48-41(17-9-19-43(48)54)53-56-51(34-28-24-32(25-29-34)36-15-10-22-46-49(36)39-13-4-7-20-44(39)58-46)55-52(57-53)35-30-26-33(27-31-35)37-16-11-23-47-50(37)40-14-5-8-21-45(40)59-47/h3-31H,1-2H3. The van der Waals surface area contributed by atoms with Crippen molar-refractivity contribution in [2.75, 3.05) is 0 Å². The van der Waals surface area contributed by atoms with Crippen molar-refractivity contribution in [3.8, 4) is 67.5 Å². The summed E-state index contributed by atoms with van der Waals surface area (Å²) in [6, 6.07) is 61.3. The van der Waals surface area contributed by atoms with Gasteiger partial charge in [-0.3, -0.25) is 0 Å². The Morgan fingerprint density at radius 3 is 1.32 bits per heavy atom. The average molecular weight is 758 g/mol. The molecule has 3 heterocycles. The Bertz CT molecular complexity index is 3290. The number of furan rings is 2. The lowest BCUT2D eigenvalue weighted by atomic mass is 9.82. The summed E-state index contributed by atoms with van der Waals surface area (Å²) in [6.45, 7) is 4.60. The fourth-order valence-electron chi connectivity index (χ4n) is 9.32. The van der Waals surface area contributed by atoms with Crippen molar-refractivity contribution < 1.29 is 8.83 Å². The Labute approximate surface area is 340 Å². The number of fused-ring (bicyclic) bond motifs is 9. The van der Waals surface area contributed by atoms with Crippen LogP contribution in [0, 0.1) is 0 Å². The third-order valence-corrected chi connectivity index (χ3v) is 12.2. The van der Waals surface area contributed by atoms with Gasteiger partial charge in [-0.25, -0.2) is 15.0 Å². The molecule has 0 saturated heterocycles. The smallest absolute Gasteiger partial charge is 0.164 e. The van der Waals surface area contributed by atoms with Crippen molar-refractivity contribution in [2.24, 2.45) is 0 Å². The molecule has 0 fully saturated rings. The van der Waals surface area contributed by atoms with Gasteiger partial charge in [0, 0.05) is 43.7 Å². The quantitative estimate of drug-likeness (QED) is 0.175. The highest BCUT2D eigenvalue weighted by Crippen LogP contribution is 2.52. The molecule has 1 aliphatic carbocycles. The third kappa shape index (κ3) is 5.14. The van der Waals surface area contributed by atoms with Crippen molar-refractivity contribution in [1.82, 2.24) is 15.0 Å². The lowest BCUT2D eigenvalue weighted by Gasteiger charge is -2.21. The molecule has 8 aromatic carbocycles. The van der Waals surface area contributed by atoms with Crippen LogP contribution in [-0.4, -0.2) is 15.0 Å². The molecule has 5 nitrogen and oxygen atoms in total. The van der Waals surface area contributed by atoms with E-state index in [1.54, 1.807) is 0 Å². The monoisotopic (exact) mass is 757 g/mol. The number of para-hydroxylation sites is 2. The minimum absolute atomic E-state index is 0.154. The number of benzene rings is 8. The van der Waals surface area contributed by atoms with Crippen molar-refractivity contribution in [3.05, 3.63) is 187 Å². The first-order chi connectivity index (χ1) is 29.0. The first-order valence-electron chi connectivity index (χ1n) is 20.0. The zero-order valence-electron chi connectivity index (χ0n) is 32.4. The van der Waals surface area contributed by atoms with Crippen LogP contribution in [0.5, 0.6) is 0 Å². The molecule has 0 bridgehead atoms. The van der Waals surface area contributed by atoms with Crippen molar-refractivity contribution >= 4 is 43.9 Å². The second-order valence-electron chi connectivity index (χ2n) is 15.9. The average Bonchev–Trinajstić information content (AvgIpc) is 3.94. The molecular formula is C54H35N3O2. The molecule has 0 N–H and O–H groups in total. The maximum absolute atomic E-state index is 6.22. The molecule has 0 aliphatic heterocycles. The summed E-state index contributed by atoms with van der Waals surface area (Å²) in [7, 11) is 0. The molecule has 0 unspecified atom stereocenters. The van der Waals surface area contributed by atoms with Gasteiger partial charge in [0.2, 0.25) is 0 Å². The van der Waals surface area contributed by atoms with E-state index >= 15 is 0 Å². The Kier molecular flexibility index (Phi) is 7.20. The predicted molar refractivity (Wildman–Crippen MR) is 239 cm³/mol. The molecule has 3 aromatic heterocycles. The van der Waals surface area contributed by atoms with Crippen LogP contribution in [-0.2, 0) is 5.41 Å². The van der Waals surface area contributed by atoms with Gasteiger partial charge in [0.25, 0.3) is 0 Å². The lowest BCUT2D eigenvalue weighted by Crippen LogP contribution is -2.14. The molecular weight excluding hydrogens is 723 g/mol. The fourth-order valence-corrected chi connectivity index (χ4v) is 9.32. The Morgan fingerprint density at radius 1 is 0.339 bits per heavy atom. The van der Waals surface area contributed by atoms with Gasteiger partial charge in [0.15, 0.2) is 17.5 Å². The van der Waals surface area contributed by atoms with Gasteiger partial charge in [0.1, 0.15) is 22.3 Å². The van der Waals surface area contributed by atoms with Crippen molar-refractivity contribution in [1.29, 1.82) is 0 Å². The van der Waals surface area contributed by atoms with E-state index in [9.17, 15) is 0 Å². The SMILES string of the molecule is CC1(C)c2ccccc2-c2c(-c3nc(-c4ccc(-c5cccc6oc7ccccc7c56)cc4)nc(-c4ccc(-c5cccc6oc7ccccc7c56)cc4)n3)cccc21. The molecule has 12 rings (SSSR count). The van der Waals surface area contributed by atoms with E-state index in [0.29, 0.717) is 17.5 Å². The van der Waals surface area contributed by atoms with E-state index in [1.165, 1.54) is 22.3 Å². The van der Waals surface area contributed by atoms with Crippen molar-refractivity contribution in [3.63, 3.8) is 0 Å². The highest BCUT2D eigenvalue weighted by Gasteiger charge is 2.37. The van der Waals surface area contributed by atoms with Crippen LogP contribution in [0.25, 0.3) is 111 Å². The molecule has 0 saturated carbocycles. The van der Waals surface area contributed by atoms with Crippen LogP contribution in [0.2, 0.25) is 0 Å². The summed E-state index contributed by atoms with van der Waals surface area (Å²) >= 11 is 0. The summed E-state index contributed by atoms with van der Waals surface area (Å²) < 4.78 is 12.4. The van der Waals surface area contributed by atoms with Gasteiger partial charge < -0.3 is 8.83 Å². The summed E-state index contributed by atoms with van der Waals surface area (Å²) in [5.74, 6) is 1.88. The molecule has 0 spiro atoms. The number of rotatable bonds is 5. The molecule has 0 amide bonds. The first-order valence-corrected chi connectivity index (χ1v) is 20.0. The van der Waals surface area contributed by atoms with E-state index in [0.717, 1.165) is 82.8 Å². The van der Waals surface area contributed by atoms with E-state index in [2.05, 4.69) is 153 Å². The number of hydrogen-bond donors (Lipinski definition) is 0. The minimum Gasteiger partial charge on any atom is -0.456 e. The van der Waals surface area contributed by atoms with Gasteiger partial charge in [-0.2, -0.15) is 0 Å². The highest BCUT2D eigenvalue weighted by molar-refractivity contribution is 6.13. The van der Waals surface area contributed by atoms with Crippen LogP contribution >= 0.6 is 0 Å². The zero-order chi connectivity index (χ0) is 39.2. The lowest BCUT2D eigenvalue weighted by molar-refractivity contribution is 0.660. The van der Waals surface area contributed by atoms with Gasteiger partial charge in [-0.15, -0.1) is 0 Å². The number of hydrogen-bond acceptors (Lipinski definition) is 5. The minimum atomic E-state index is -0.154. The molecule has 278 valence electrons. The van der Waals surface area contributed by atoms with Crippen LogP contribution in [0.3, 0.4) is 0 Å². The normalized spacial score (nSPS) is 13.1. The Balaban J connectivity index is 1.01. The zero-order valence-corrected chi connectivity index (χ0v) is 32.4. The number of nitrogens with zero attached hydrogens (tertiary/aromatic N) is 3. The molecule has 11 aromatic rings. The second kappa shape index (κ2) is 12.7. The summed E-state index contributed by atoms with van der Waals surface area (Å²) in [6.07, 6.45) is 0. The molecule has 0 atom stereocenters. The van der Waals surface area contributed by atoms with Crippen molar-refractivity contribution in [2.45, 2.75) is 19.3 Å². The largest absolute Gasteiger partial charge is 0.456 e.